The predicted molar refractivity (Wildman–Crippen MR) is 122 cm³/mol. The van der Waals surface area contributed by atoms with Gasteiger partial charge in [0.05, 0.1) is 11.2 Å². The third kappa shape index (κ3) is 8.36. The first-order valence-electron chi connectivity index (χ1n) is 12.7. The number of carboxylic acid groups (broad SMARTS) is 1. The normalized spacial score (nSPS) is 24.4. The number of nitrogens with zero attached hydrogens (tertiary/aromatic N) is 1. The highest BCUT2D eigenvalue weighted by molar-refractivity contribution is 5.67. The lowest BCUT2D eigenvalue weighted by atomic mass is 9.79. The molecule has 1 saturated heterocycles. The number of carbonyl (C=O) groups is 1. The monoisotopic (exact) mass is 523 g/mol. The molecule has 204 valence electrons. The summed E-state index contributed by atoms with van der Waals surface area (Å²) in [5.74, 6) is -1.20. The molecule has 3 rings (SSSR count). The van der Waals surface area contributed by atoms with E-state index in [9.17, 15) is 41.4 Å². The lowest BCUT2D eigenvalue weighted by Crippen LogP contribution is -2.45. The maximum atomic E-state index is 13.2. The van der Waals surface area contributed by atoms with Crippen LogP contribution in [-0.2, 0) is 11.0 Å². The van der Waals surface area contributed by atoms with E-state index in [1.165, 1.54) is 12.1 Å². The first-order chi connectivity index (χ1) is 16.8. The molecule has 0 spiro atoms. The zero-order valence-electron chi connectivity index (χ0n) is 20.3. The van der Waals surface area contributed by atoms with Crippen LogP contribution in [0.25, 0.3) is 0 Å². The van der Waals surface area contributed by atoms with Gasteiger partial charge in [-0.15, -0.1) is 0 Å². The Morgan fingerprint density at radius 3 is 2.22 bits per heavy atom. The molecule has 36 heavy (non-hydrogen) atoms. The summed E-state index contributed by atoms with van der Waals surface area (Å²) in [6, 6.07) is 3.59. The summed E-state index contributed by atoms with van der Waals surface area (Å²) in [6.45, 7) is 0.352. The molecule has 1 aliphatic heterocycles. The number of benzene rings is 1. The molecule has 2 unspecified atom stereocenters. The van der Waals surface area contributed by atoms with Gasteiger partial charge in [-0.05, 0) is 75.1 Å². The lowest BCUT2D eigenvalue weighted by molar-refractivity contribution is -0.142. The first-order valence-corrected chi connectivity index (χ1v) is 12.7. The van der Waals surface area contributed by atoms with E-state index in [-0.39, 0.29) is 18.8 Å². The number of likely N-dealkylation sites (tertiary alicyclic amines) is 1. The van der Waals surface area contributed by atoms with Crippen molar-refractivity contribution in [2.75, 3.05) is 6.54 Å². The lowest BCUT2D eigenvalue weighted by Gasteiger charge is -2.45. The van der Waals surface area contributed by atoms with E-state index < -0.39 is 48.0 Å². The van der Waals surface area contributed by atoms with Crippen molar-refractivity contribution in [2.45, 2.75) is 107 Å². The summed E-state index contributed by atoms with van der Waals surface area (Å²) < 4.78 is 78.9. The fourth-order valence-corrected chi connectivity index (χ4v) is 5.85. The predicted octanol–water partition coefficient (Wildman–Crippen LogP) is 7.12. The Morgan fingerprint density at radius 1 is 1.03 bits per heavy atom. The van der Waals surface area contributed by atoms with E-state index in [1.807, 2.05) is 4.90 Å². The minimum Gasteiger partial charge on any atom is -0.481 e. The van der Waals surface area contributed by atoms with Gasteiger partial charge in [0.2, 0.25) is 0 Å². The summed E-state index contributed by atoms with van der Waals surface area (Å²) in [5.41, 5.74) is -1.18. The van der Waals surface area contributed by atoms with E-state index in [0.29, 0.717) is 50.6 Å². The summed E-state index contributed by atoms with van der Waals surface area (Å²) >= 11 is 0. The van der Waals surface area contributed by atoms with Gasteiger partial charge in [0.25, 0.3) is 0 Å². The Balaban J connectivity index is 1.86. The average Bonchev–Trinajstić information content (AvgIpc) is 2.78. The van der Waals surface area contributed by atoms with E-state index in [2.05, 4.69) is 0 Å². The average molecular weight is 524 g/mol. The van der Waals surface area contributed by atoms with Crippen molar-refractivity contribution in [3.63, 3.8) is 0 Å². The van der Waals surface area contributed by atoms with Crippen molar-refractivity contribution in [3.05, 3.63) is 35.4 Å². The fourth-order valence-electron chi connectivity index (χ4n) is 5.85. The van der Waals surface area contributed by atoms with Crippen LogP contribution in [0, 0.1) is 5.92 Å². The van der Waals surface area contributed by atoms with Crippen LogP contribution in [0.4, 0.5) is 26.3 Å². The molecule has 1 aromatic rings. The Bertz CT molecular complexity index is 849. The molecule has 1 saturated carbocycles. The van der Waals surface area contributed by atoms with Gasteiger partial charge in [0, 0.05) is 24.9 Å². The van der Waals surface area contributed by atoms with Gasteiger partial charge in [0.1, 0.15) is 0 Å². The largest absolute Gasteiger partial charge is 0.481 e. The van der Waals surface area contributed by atoms with Crippen molar-refractivity contribution >= 4 is 5.97 Å². The molecule has 0 radical (unpaired) electrons. The standard InChI is InChI=1S/C26H35F6NO3/c27-25(28,29)14-9-21(8-13-24(36)11-2-1-3-12-24)33-15-10-18(17-23(34)35)16-22(33)19-4-6-20(7-5-19)26(30,31)32/h4-7,18,21-22,36H,1-3,8-17H2,(H,34,35)/t18-,21?,22?/m1/s1. The van der Waals surface area contributed by atoms with Crippen molar-refractivity contribution < 1.29 is 41.4 Å². The number of aliphatic hydroxyl groups is 1. The van der Waals surface area contributed by atoms with E-state index in [4.69, 9.17) is 0 Å². The highest BCUT2D eigenvalue weighted by Gasteiger charge is 2.39. The number of halogens is 6. The van der Waals surface area contributed by atoms with Gasteiger partial charge in [-0.2, -0.15) is 26.3 Å². The summed E-state index contributed by atoms with van der Waals surface area (Å²) in [5, 5.41) is 20.2. The molecule has 3 atom stereocenters. The van der Waals surface area contributed by atoms with E-state index in [1.54, 1.807) is 0 Å². The van der Waals surface area contributed by atoms with Gasteiger partial charge < -0.3 is 10.2 Å². The number of aliphatic carboxylic acids is 1. The Morgan fingerprint density at radius 2 is 1.67 bits per heavy atom. The van der Waals surface area contributed by atoms with Crippen LogP contribution in [-0.4, -0.2) is 45.4 Å². The molecule has 1 aromatic carbocycles. The zero-order chi connectivity index (χ0) is 26.6. The number of rotatable bonds is 9. The Labute approximate surface area is 207 Å². The quantitative estimate of drug-likeness (QED) is 0.339. The summed E-state index contributed by atoms with van der Waals surface area (Å²) in [6.07, 6.45) is -4.62. The van der Waals surface area contributed by atoms with Gasteiger partial charge >= 0.3 is 18.3 Å². The van der Waals surface area contributed by atoms with Crippen molar-refractivity contribution in [1.29, 1.82) is 0 Å². The molecule has 4 nitrogen and oxygen atoms in total. The Kier molecular flexibility index (Phi) is 9.36. The molecule has 10 heteroatoms. The molecule has 2 aliphatic rings. The maximum Gasteiger partial charge on any atom is 0.416 e. The topological polar surface area (TPSA) is 60.8 Å². The van der Waals surface area contributed by atoms with Crippen LogP contribution < -0.4 is 0 Å². The molecule has 0 aromatic heterocycles. The zero-order valence-corrected chi connectivity index (χ0v) is 20.3. The number of alkyl halides is 6. The SMILES string of the molecule is O=C(O)C[C@@H]1CCN(C(CCC(F)(F)F)CCC2(O)CCCCC2)C(c2ccc(C(F)(F)F)cc2)C1. The molecule has 0 amide bonds. The van der Waals surface area contributed by atoms with Crippen molar-refractivity contribution in [3.8, 4) is 0 Å². The molecule has 2 N–H and O–H groups in total. The molecular formula is C26H35F6NO3. The highest BCUT2D eigenvalue weighted by atomic mass is 19.4. The van der Waals surface area contributed by atoms with Crippen LogP contribution in [0.15, 0.2) is 24.3 Å². The molecule has 1 heterocycles. The number of carboxylic acids is 1. The van der Waals surface area contributed by atoms with Crippen molar-refractivity contribution in [1.82, 2.24) is 4.90 Å². The third-order valence-electron chi connectivity index (χ3n) is 7.80. The van der Waals surface area contributed by atoms with Gasteiger partial charge in [-0.25, -0.2) is 0 Å². The maximum absolute atomic E-state index is 13.2. The van der Waals surface area contributed by atoms with E-state index in [0.717, 1.165) is 31.4 Å². The highest BCUT2D eigenvalue weighted by Crippen LogP contribution is 2.42. The molecule has 0 bridgehead atoms. The third-order valence-corrected chi connectivity index (χ3v) is 7.80. The minimum absolute atomic E-state index is 0.0993. The summed E-state index contributed by atoms with van der Waals surface area (Å²) in [4.78, 5) is 13.2. The van der Waals surface area contributed by atoms with Crippen LogP contribution in [0.2, 0.25) is 0 Å². The second-order valence-electron chi connectivity index (χ2n) is 10.5. The van der Waals surface area contributed by atoms with Gasteiger partial charge in [-0.1, -0.05) is 31.4 Å². The van der Waals surface area contributed by atoms with Gasteiger partial charge in [0.15, 0.2) is 0 Å². The van der Waals surface area contributed by atoms with Crippen molar-refractivity contribution in [2.24, 2.45) is 5.92 Å². The van der Waals surface area contributed by atoms with Crippen LogP contribution >= 0.6 is 0 Å². The molecular weight excluding hydrogens is 488 g/mol. The van der Waals surface area contributed by atoms with Crippen LogP contribution in [0.5, 0.6) is 0 Å². The number of piperidine rings is 1. The smallest absolute Gasteiger partial charge is 0.416 e. The number of hydrogen-bond acceptors (Lipinski definition) is 3. The second kappa shape index (κ2) is 11.7. The van der Waals surface area contributed by atoms with Crippen LogP contribution in [0.3, 0.4) is 0 Å². The first kappa shape index (κ1) is 28.8. The molecule has 1 aliphatic carbocycles. The second-order valence-corrected chi connectivity index (χ2v) is 10.5. The van der Waals surface area contributed by atoms with Crippen LogP contribution in [0.1, 0.15) is 94.2 Å². The number of hydrogen-bond donors (Lipinski definition) is 2. The Hall–Kier alpha value is -1.81. The molecule has 2 fully saturated rings. The van der Waals surface area contributed by atoms with Gasteiger partial charge in [-0.3, -0.25) is 9.69 Å². The minimum atomic E-state index is -4.51. The summed E-state index contributed by atoms with van der Waals surface area (Å²) in [7, 11) is 0. The van der Waals surface area contributed by atoms with E-state index >= 15 is 0 Å². The fraction of sp³-hybridized carbons (Fsp3) is 0.731.